The van der Waals surface area contributed by atoms with Gasteiger partial charge < -0.3 is 0 Å². The minimum Gasteiger partial charge on any atom is -0.189 e. The van der Waals surface area contributed by atoms with E-state index in [4.69, 9.17) is 11.6 Å². The van der Waals surface area contributed by atoms with E-state index in [9.17, 15) is 21.6 Å². The van der Waals surface area contributed by atoms with Crippen LogP contribution in [0.3, 0.4) is 0 Å². The summed E-state index contributed by atoms with van der Waals surface area (Å²) in [6, 6.07) is 5.46. The van der Waals surface area contributed by atoms with Crippen LogP contribution in [0.4, 0.5) is 13.2 Å². The molecule has 0 N–H and O–H groups in total. The van der Waals surface area contributed by atoms with Crippen LogP contribution in [0.5, 0.6) is 0 Å². The Morgan fingerprint density at radius 2 is 1.69 bits per heavy atom. The van der Waals surface area contributed by atoms with Crippen LogP contribution in [0.25, 0.3) is 0 Å². The summed E-state index contributed by atoms with van der Waals surface area (Å²) in [7, 11) is -5.58. The Morgan fingerprint density at radius 3 is 2.12 bits per heavy atom. The van der Waals surface area contributed by atoms with Crippen LogP contribution in [0.1, 0.15) is 0 Å². The average molecular weight is 293 g/mol. The van der Waals surface area contributed by atoms with Crippen molar-refractivity contribution in [2.45, 2.75) is 10.4 Å². The van der Waals surface area contributed by atoms with E-state index in [1.165, 1.54) is 24.3 Å². The normalized spacial score (nSPS) is 12.8. The smallest absolute Gasteiger partial charge is 0.189 e. The fourth-order valence-corrected chi connectivity index (χ4v) is 1.97. The van der Waals surface area contributed by atoms with Gasteiger partial charge in [0.2, 0.25) is 0 Å². The number of hydrogen-bond donors (Lipinski definition) is 0. The molecule has 0 unspecified atom stereocenters. The van der Waals surface area contributed by atoms with Crippen molar-refractivity contribution in [3.8, 4) is 0 Å². The minimum absolute atomic E-state index is 0.0963. The summed E-state index contributed by atoms with van der Waals surface area (Å²) in [5.41, 5.74) is -5.42. The van der Waals surface area contributed by atoms with E-state index in [2.05, 4.69) is 3.63 Å². The molecule has 9 heteroatoms. The Morgan fingerprint density at radius 1 is 1.19 bits per heavy atom. The summed E-state index contributed by atoms with van der Waals surface area (Å²) < 4.78 is 60.3. The zero-order chi connectivity index (χ0) is 12.4. The molecule has 0 fully saturated rings. The van der Waals surface area contributed by atoms with E-state index in [0.717, 1.165) is 0 Å². The number of halogens is 4. The van der Waals surface area contributed by atoms with Crippen LogP contribution in [0.2, 0.25) is 5.02 Å². The maximum absolute atomic E-state index is 11.9. The lowest BCUT2D eigenvalue weighted by Crippen LogP contribution is -2.23. The van der Waals surface area contributed by atoms with Crippen LogP contribution < -0.4 is 0 Å². The molecule has 0 atom stereocenters. The van der Waals surface area contributed by atoms with E-state index in [-0.39, 0.29) is 16.9 Å². The van der Waals surface area contributed by atoms with Gasteiger partial charge in [-0.25, -0.2) is 0 Å². The Bertz CT molecular complexity index is 455. The maximum atomic E-state index is 11.9. The van der Waals surface area contributed by atoms with Crippen LogP contribution in [0.15, 0.2) is 29.2 Å². The molecule has 16 heavy (non-hydrogen) atoms. The molecule has 3 nitrogen and oxygen atoms in total. The second-order valence-electron chi connectivity index (χ2n) is 2.51. The molecule has 0 amide bonds. The monoisotopic (exact) mass is 292 g/mol. The molecular weight excluding hydrogens is 289 g/mol. The van der Waals surface area contributed by atoms with Gasteiger partial charge in [0.05, 0.1) is 0 Å². The summed E-state index contributed by atoms with van der Waals surface area (Å²) in [5, 5.41) is 0.378. The first-order chi connectivity index (χ1) is 7.22. The molecule has 90 valence electrons. The number of alkyl halides is 3. The Labute approximate surface area is 98.9 Å². The van der Waals surface area contributed by atoms with Gasteiger partial charge in [0, 0.05) is 22.0 Å². The minimum atomic E-state index is -5.58. The lowest BCUT2D eigenvalue weighted by Gasteiger charge is -2.06. The van der Waals surface area contributed by atoms with Gasteiger partial charge in [-0.2, -0.15) is 25.2 Å². The fourth-order valence-electron chi connectivity index (χ4n) is 0.613. The lowest BCUT2D eigenvalue weighted by molar-refractivity contribution is -0.0494. The number of benzene rings is 1. The van der Waals surface area contributed by atoms with E-state index in [0.29, 0.717) is 5.02 Å². The van der Waals surface area contributed by atoms with Crippen molar-refractivity contribution in [1.82, 2.24) is 0 Å². The second-order valence-corrected chi connectivity index (χ2v) is 5.50. The fraction of sp³-hybridized carbons (Fsp3) is 0.143. The molecule has 0 spiro atoms. The van der Waals surface area contributed by atoms with Crippen molar-refractivity contribution >= 4 is 33.8 Å². The standard InChI is InChI=1S/C7H4ClF3O3S2/c8-5-1-3-6(4-2-5)15-14-16(12,13)7(9,10)11/h1-4H. The molecule has 0 saturated heterocycles. The SMILES string of the molecule is O=S(=O)(OSc1ccc(Cl)cc1)C(F)(F)F. The third-order valence-electron chi connectivity index (χ3n) is 1.32. The number of rotatable bonds is 3. The van der Waals surface area contributed by atoms with Gasteiger partial charge in [0.15, 0.2) is 0 Å². The molecule has 0 saturated carbocycles. The second kappa shape index (κ2) is 4.82. The van der Waals surface area contributed by atoms with Gasteiger partial charge >= 0.3 is 15.6 Å². The van der Waals surface area contributed by atoms with E-state index < -0.39 is 15.6 Å². The predicted molar refractivity (Wildman–Crippen MR) is 53.4 cm³/mol. The molecular formula is C7H4ClF3O3S2. The quantitative estimate of drug-likeness (QED) is 0.634. The highest BCUT2D eigenvalue weighted by Crippen LogP contribution is 2.31. The molecule has 0 aliphatic rings. The van der Waals surface area contributed by atoms with Crippen molar-refractivity contribution in [1.29, 1.82) is 0 Å². The molecule has 1 rings (SSSR count). The molecule has 0 bridgehead atoms. The van der Waals surface area contributed by atoms with E-state index in [1.807, 2.05) is 0 Å². The summed E-state index contributed by atoms with van der Waals surface area (Å²) in [6.45, 7) is 0. The highest BCUT2D eigenvalue weighted by atomic mass is 35.5. The van der Waals surface area contributed by atoms with Gasteiger partial charge in [-0.05, 0) is 24.3 Å². The van der Waals surface area contributed by atoms with Crippen molar-refractivity contribution in [3.05, 3.63) is 29.3 Å². The zero-order valence-corrected chi connectivity index (χ0v) is 9.75. The predicted octanol–water partition coefficient (Wildman–Crippen LogP) is 3.21. The van der Waals surface area contributed by atoms with Crippen LogP contribution in [-0.2, 0) is 13.7 Å². The Hall–Kier alpha value is -0.440. The van der Waals surface area contributed by atoms with Gasteiger partial charge in [0.25, 0.3) is 0 Å². The van der Waals surface area contributed by atoms with Crippen molar-refractivity contribution in [2.75, 3.05) is 0 Å². The van der Waals surface area contributed by atoms with Gasteiger partial charge in [-0.15, -0.1) is 0 Å². The first-order valence-electron chi connectivity index (χ1n) is 3.65. The van der Waals surface area contributed by atoms with Crippen LogP contribution in [0, 0.1) is 0 Å². The highest BCUT2D eigenvalue weighted by Gasteiger charge is 2.47. The van der Waals surface area contributed by atoms with Crippen LogP contribution >= 0.6 is 23.6 Å². The maximum Gasteiger partial charge on any atom is 0.524 e. The Kier molecular flexibility index (Phi) is 4.11. The van der Waals surface area contributed by atoms with Gasteiger partial charge in [-0.1, -0.05) is 11.6 Å². The molecule has 0 aliphatic carbocycles. The summed E-state index contributed by atoms with van der Waals surface area (Å²) in [4.78, 5) is 0.192. The van der Waals surface area contributed by atoms with E-state index in [1.54, 1.807) is 0 Å². The van der Waals surface area contributed by atoms with Crippen molar-refractivity contribution in [2.24, 2.45) is 0 Å². The third kappa shape index (κ3) is 3.55. The molecule has 0 heterocycles. The average Bonchev–Trinajstić information content (AvgIpc) is 2.15. The van der Waals surface area contributed by atoms with E-state index >= 15 is 0 Å². The molecule has 0 radical (unpaired) electrons. The molecule has 1 aromatic rings. The third-order valence-corrected chi connectivity index (χ3v) is 3.59. The van der Waals surface area contributed by atoms with Gasteiger partial charge in [0.1, 0.15) is 0 Å². The summed E-state index contributed by atoms with van der Waals surface area (Å²) in [6.07, 6.45) is 0. The molecule has 0 aliphatic heterocycles. The molecule has 0 aromatic heterocycles. The number of hydrogen-bond acceptors (Lipinski definition) is 4. The van der Waals surface area contributed by atoms with Crippen molar-refractivity contribution < 1.29 is 25.2 Å². The first-order valence-corrected chi connectivity index (χ1v) is 6.18. The van der Waals surface area contributed by atoms with Crippen LogP contribution in [-0.4, -0.2) is 13.9 Å². The summed E-state index contributed by atoms with van der Waals surface area (Å²) in [5.74, 6) is 0. The van der Waals surface area contributed by atoms with Gasteiger partial charge in [-0.3, -0.25) is 0 Å². The first kappa shape index (κ1) is 13.6. The van der Waals surface area contributed by atoms with Crippen molar-refractivity contribution in [3.63, 3.8) is 0 Å². The Balaban J connectivity index is 2.69. The summed E-state index contributed by atoms with van der Waals surface area (Å²) >= 11 is 5.62. The molecule has 1 aromatic carbocycles. The zero-order valence-electron chi connectivity index (χ0n) is 7.36. The largest absolute Gasteiger partial charge is 0.524 e. The topological polar surface area (TPSA) is 43.4 Å². The lowest BCUT2D eigenvalue weighted by atomic mass is 10.4. The highest BCUT2D eigenvalue weighted by molar-refractivity contribution is 8.04.